The van der Waals surface area contributed by atoms with Gasteiger partial charge in [-0.15, -0.1) is 11.3 Å². The maximum Gasteiger partial charge on any atom is 0.247 e. The number of aromatic nitrogens is 2. The number of nitrogens with one attached hydrogen (secondary N) is 1. The molecule has 0 bridgehead atoms. The molecule has 0 amide bonds. The van der Waals surface area contributed by atoms with E-state index in [9.17, 15) is 16.8 Å². The van der Waals surface area contributed by atoms with E-state index in [1.807, 2.05) is 32.0 Å². The van der Waals surface area contributed by atoms with Crippen molar-refractivity contribution in [2.45, 2.75) is 44.0 Å². The van der Waals surface area contributed by atoms with Crippen molar-refractivity contribution in [3.8, 4) is 10.4 Å². The number of sulfone groups is 1. The van der Waals surface area contributed by atoms with Gasteiger partial charge in [-0.25, -0.2) is 16.8 Å². The molecule has 1 aromatic carbocycles. The number of aromatic amines is 1. The summed E-state index contributed by atoms with van der Waals surface area (Å²) in [5.41, 5.74) is 1.77. The third kappa shape index (κ3) is 5.25. The van der Waals surface area contributed by atoms with Crippen LogP contribution in [0.4, 0.5) is 0 Å². The SMILES string of the molecule is Cc1n[nH]c(C)c1S(=O)(=O)N(Cc1ccc(-c2cccc(S(C)(=O)=O)c2)s1)CC(C)C.[HH]. The summed E-state index contributed by atoms with van der Waals surface area (Å²) >= 11 is 1.46. The van der Waals surface area contributed by atoms with Crippen molar-refractivity contribution in [2.24, 2.45) is 5.92 Å². The lowest BCUT2D eigenvalue weighted by molar-refractivity contribution is 0.364. The van der Waals surface area contributed by atoms with Crippen molar-refractivity contribution < 1.29 is 18.3 Å². The Morgan fingerprint density at radius 3 is 2.42 bits per heavy atom. The van der Waals surface area contributed by atoms with Crippen LogP contribution in [0.3, 0.4) is 0 Å². The summed E-state index contributed by atoms with van der Waals surface area (Å²) in [6.45, 7) is 7.97. The topological polar surface area (TPSA) is 100 Å². The number of H-pyrrole nitrogens is 1. The van der Waals surface area contributed by atoms with Crippen LogP contribution in [-0.2, 0) is 26.4 Å². The molecule has 0 aliphatic carbocycles. The maximum absolute atomic E-state index is 13.4. The fourth-order valence-corrected chi connectivity index (χ4v) is 7.06. The Morgan fingerprint density at radius 1 is 1.13 bits per heavy atom. The van der Waals surface area contributed by atoms with Gasteiger partial charge in [0, 0.05) is 30.5 Å². The number of hydrogen-bond acceptors (Lipinski definition) is 6. The van der Waals surface area contributed by atoms with Crippen LogP contribution in [0.1, 0.15) is 31.5 Å². The Bertz CT molecular complexity index is 1280. The molecule has 0 aliphatic rings. The molecule has 31 heavy (non-hydrogen) atoms. The zero-order valence-corrected chi connectivity index (χ0v) is 20.7. The van der Waals surface area contributed by atoms with Gasteiger partial charge in [0.15, 0.2) is 9.84 Å². The highest BCUT2D eigenvalue weighted by molar-refractivity contribution is 7.90. The van der Waals surface area contributed by atoms with E-state index in [0.29, 0.717) is 17.9 Å². The molecular formula is C21H29N3O4S3. The number of nitrogens with zero attached hydrogens (tertiary/aromatic N) is 2. The van der Waals surface area contributed by atoms with Crippen LogP contribution < -0.4 is 0 Å². The summed E-state index contributed by atoms with van der Waals surface area (Å²) in [7, 11) is -7.03. The summed E-state index contributed by atoms with van der Waals surface area (Å²) in [6, 6.07) is 10.6. The highest BCUT2D eigenvalue weighted by Gasteiger charge is 2.30. The molecule has 0 fully saturated rings. The highest BCUT2D eigenvalue weighted by Crippen LogP contribution is 2.32. The molecular weight excluding hydrogens is 454 g/mol. The highest BCUT2D eigenvalue weighted by atomic mass is 32.2. The molecule has 7 nitrogen and oxygen atoms in total. The van der Waals surface area contributed by atoms with Gasteiger partial charge < -0.3 is 0 Å². The monoisotopic (exact) mass is 483 g/mol. The van der Waals surface area contributed by atoms with E-state index >= 15 is 0 Å². The average Bonchev–Trinajstić information content (AvgIpc) is 3.27. The zero-order valence-electron chi connectivity index (χ0n) is 18.2. The van der Waals surface area contributed by atoms with Gasteiger partial charge in [0.25, 0.3) is 0 Å². The van der Waals surface area contributed by atoms with Gasteiger partial charge in [0.1, 0.15) is 4.90 Å². The average molecular weight is 484 g/mol. The van der Waals surface area contributed by atoms with Gasteiger partial charge >= 0.3 is 0 Å². The third-order valence-corrected chi connectivity index (χ3v) is 9.07. The third-order valence-electron chi connectivity index (χ3n) is 4.77. The summed E-state index contributed by atoms with van der Waals surface area (Å²) in [6.07, 6.45) is 1.18. The van der Waals surface area contributed by atoms with Crippen LogP contribution in [0.25, 0.3) is 10.4 Å². The van der Waals surface area contributed by atoms with Crippen LogP contribution in [0.2, 0.25) is 0 Å². The molecule has 2 heterocycles. The molecule has 10 heteroatoms. The Labute approximate surface area is 189 Å². The molecule has 2 aromatic heterocycles. The van der Waals surface area contributed by atoms with Crippen molar-refractivity contribution in [3.05, 3.63) is 52.7 Å². The Morgan fingerprint density at radius 2 is 1.84 bits per heavy atom. The second-order valence-corrected chi connectivity index (χ2v) is 13.1. The molecule has 0 saturated heterocycles. The summed E-state index contributed by atoms with van der Waals surface area (Å²) in [5.74, 6) is 0.146. The largest absolute Gasteiger partial charge is 0.281 e. The first-order chi connectivity index (χ1) is 14.4. The standard InChI is InChI=1S/C21H27N3O4S3.H2/c1-14(2)12-24(31(27,28)21-15(3)22-23-16(21)4)13-18-9-10-20(29-18)17-7-6-8-19(11-17)30(5,25)26;/h6-11,14H,12-13H2,1-5H3,(H,22,23);1H. The van der Waals surface area contributed by atoms with Gasteiger partial charge in [-0.3, -0.25) is 5.10 Å². The Hall–Kier alpha value is -2.01. The molecule has 0 aliphatic heterocycles. The minimum Gasteiger partial charge on any atom is -0.281 e. The molecule has 0 atom stereocenters. The second-order valence-electron chi connectivity index (χ2n) is 8.02. The Balaban J connectivity index is 0.00000363. The predicted molar refractivity (Wildman–Crippen MR) is 125 cm³/mol. The number of aryl methyl sites for hydroxylation is 2. The summed E-state index contributed by atoms with van der Waals surface area (Å²) in [4.78, 5) is 2.25. The first-order valence-electron chi connectivity index (χ1n) is 9.80. The summed E-state index contributed by atoms with van der Waals surface area (Å²) in [5, 5.41) is 6.80. The van der Waals surface area contributed by atoms with Crippen molar-refractivity contribution in [1.29, 1.82) is 0 Å². The van der Waals surface area contributed by atoms with Gasteiger partial charge in [-0.05, 0) is 49.6 Å². The number of benzene rings is 1. The van der Waals surface area contributed by atoms with Gasteiger partial charge in [-0.1, -0.05) is 26.0 Å². The van der Waals surface area contributed by atoms with Gasteiger partial charge in [0.2, 0.25) is 10.0 Å². The van der Waals surface area contributed by atoms with Crippen molar-refractivity contribution >= 4 is 31.2 Å². The molecule has 0 radical (unpaired) electrons. The number of rotatable bonds is 8. The second kappa shape index (κ2) is 8.85. The molecule has 1 N–H and O–H groups in total. The Kier molecular flexibility index (Phi) is 6.75. The molecule has 0 saturated carbocycles. The summed E-state index contributed by atoms with van der Waals surface area (Å²) < 4.78 is 52.1. The first-order valence-corrected chi connectivity index (χ1v) is 14.0. The van der Waals surface area contributed by atoms with E-state index in [1.54, 1.807) is 32.0 Å². The smallest absolute Gasteiger partial charge is 0.247 e. The van der Waals surface area contributed by atoms with Crippen LogP contribution in [0.5, 0.6) is 0 Å². The van der Waals surface area contributed by atoms with E-state index < -0.39 is 19.9 Å². The lowest BCUT2D eigenvalue weighted by Gasteiger charge is -2.23. The van der Waals surface area contributed by atoms with Crippen molar-refractivity contribution in [2.75, 3.05) is 12.8 Å². The predicted octanol–water partition coefficient (Wildman–Crippen LogP) is 4.25. The van der Waals surface area contributed by atoms with Crippen LogP contribution in [0, 0.1) is 19.8 Å². The van der Waals surface area contributed by atoms with Gasteiger partial charge in [-0.2, -0.15) is 9.40 Å². The normalized spacial score (nSPS) is 12.7. The quantitative estimate of drug-likeness (QED) is 0.516. The zero-order chi connectivity index (χ0) is 23.0. The minimum atomic E-state index is -3.73. The molecule has 0 spiro atoms. The maximum atomic E-state index is 13.4. The van der Waals surface area contributed by atoms with E-state index in [1.165, 1.54) is 21.9 Å². The van der Waals surface area contributed by atoms with Crippen LogP contribution in [-0.4, -0.2) is 44.1 Å². The lowest BCUT2D eigenvalue weighted by Crippen LogP contribution is -2.34. The van der Waals surface area contributed by atoms with Crippen molar-refractivity contribution in [1.82, 2.24) is 14.5 Å². The van der Waals surface area contributed by atoms with Crippen LogP contribution >= 0.6 is 11.3 Å². The first kappa shape index (κ1) is 23.6. The number of thiophene rings is 1. The lowest BCUT2D eigenvalue weighted by atomic mass is 10.2. The molecule has 170 valence electrons. The minimum absolute atomic E-state index is 0. The van der Waals surface area contributed by atoms with Crippen LogP contribution in [0.15, 0.2) is 46.2 Å². The molecule has 3 aromatic rings. The van der Waals surface area contributed by atoms with E-state index in [4.69, 9.17) is 0 Å². The fraction of sp³-hybridized carbons (Fsp3) is 0.381. The number of sulfonamides is 1. The molecule has 0 unspecified atom stereocenters. The van der Waals surface area contributed by atoms with E-state index in [0.717, 1.165) is 15.3 Å². The van der Waals surface area contributed by atoms with Gasteiger partial charge in [0.05, 0.1) is 16.3 Å². The fourth-order valence-electron chi connectivity index (χ4n) is 3.38. The van der Waals surface area contributed by atoms with E-state index in [2.05, 4.69) is 10.2 Å². The van der Waals surface area contributed by atoms with E-state index in [-0.39, 0.29) is 23.7 Å². The molecule has 3 rings (SSSR count). The van der Waals surface area contributed by atoms with Crippen molar-refractivity contribution in [3.63, 3.8) is 0 Å². The number of hydrogen-bond donors (Lipinski definition) is 1.